The molecule has 0 saturated carbocycles. The molecule has 1 aromatic rings. The van der Waals surface area contributed by atoms with Crippen LogP contribution >= 0.6 is 0 Å². The largest absolute Gasteiger partial charge is 0.468 e. The Kier molecular flexibility index (Phi) is 10.3. The van der Waals surface area contributed by atoms with E-state index in [1.54, 1.807) is 32.4 Å². The average Bonchev–Trinajstić information content (AvgIpc) is 3.11. The molecule has 31 heavy (non-hydrogen) atoms. The van der Waals surface area contributed by atoms with Crippen LogP contribution in [0.15, 0.2) is 53.1 Å². The van der Waals surface area contributed by atoms with Crippen LogP contribution in [0.2, 0.25) is 0 Å². The maximum atomic E-state index is 12.4. The summed E-state index contributed by atoms with van der Waals surface area (Å²) in [5, 5.41) is 0. The maximum Gasteiger partial charge on any atom is 0.334 e. The van der Waals surface area contributed by atoms with E-state index in [4.69, 9.17) is 23.7 Å². The predicted octanol–water partition coefficient (Wildman–Crippen LogP) is 5.65. The first-order valence-electron chi connectivity index (χ1n) is 10.5. The number of allylic oxidation sites excluding steroid dienone is 4. The van der Waals surface area contributed by atoms with Gasteiger partial charge in [0.25, 0.3) is 0 Å². The normalized spacial score (nSPS) is 16.0. The minimum atomic E-state index is -0.525. The minimum absolute atomic E-state index is 0.0966. The molecule has 1 aliphatic rings. The Labute approximate surface area is 185 Å². The second-order valence-electron chi connectivity index (χ2n) is 7.73. The Morgan fingerprint density at radius 3 is 2.48 bits per heavy atom. The highest BCUT2D eigenvalue weighted by Crippen LogP contribution is 2.37. The van der Waals surface area contributed by atoms with Crippen molar-refractivity contribution in [1.29, 1.82) is 0 Å². The zero-order chi connectivity index (χ0) is 22.6. The van der Waals surface area contributed by atoms with E-state index in [0.717, 1.165) is 19.3 Å². The molecule has 0 N–H and O–H groups in total. The summed E-state index contributed by atoms with van der Waals surface area (Å²) in [6.07, 6.45) is 9.31. The van der Waals surface area contributed by atoms with Crippen LogP contribution in [0.3, 0.4) is 0 Å². The van der Waals surface area contributed by atoms with Gasteiger partial charge in [-0.25, -0.2) is 4.79 Å². The van der Waals surface area contributed by atoms with Crippen molar-refractivity contribution >= 4 is 5.97 Å². The fourth-order valence-corrected chi connectivity index (χ4v) is 3.20. The van der Waals surface area contributed by atoms with E-state index in [9.17, 15) is 4.79 Å². The minimum Gasteiger partial charge on any atom is -0.468 e. The molecule has 1 atom stereocenters. The van der Waals surface area contributed by atoms with Gasteiger partial charge in [0.05, 0.1) is 0 Å². The highest BCUT2D eigenvalue weighted by atomic mass is 16.7. The number of esters is 1. The first-order valence-corrected chi connectivity index (χ1v) is 10.5. The topological polar surface area (TPSA) is 63.2 Å². The smallest absolute Gasteiger partial charge is 0.334 e. The van der Waals surface area contributed by atoms with E-state index < -0.39 is 6.10 Å². The first kappa shape index (κ1) is 24.7. The molecule has 170 valence electrons. The molecule has 2 rings (SSSR count). The SMILES string of the molecule is COCOc1ccc(OCOC)c([C@H]2C=C(CC/C=C(\C)CCC=C(C)C)C(=O)O2)c1. The Balaban J connectivity index is 2.07. The van der Waals surface area contributed by atoms with Crippen molar-refractivity contribution in [3.63, 3.8) is 0 Å². The summed E-state index contributed by atoms with van der Waals surface area (Å²) in [4.78, 5) is 12.4. The van der Waals surface area contributed by atoms with Gasteiger partial charge in [-0.1, -0.05) is 23.3 Å². The summed E-state index contributed by atoms with van der Waals surface area (Å²) in [7, 11) is 3.11. The molecule has 0 fully saturated rings. The molecular formula is C25H34O6. The number of hydrogen-bond donors (Lipinski definition) is 0. The molecule has 1 aromatic carbocycles. The lowest BCUT2D eigenvalue weighted by Crippen LogP contribution is -2.07. The molecule has 0 aromatic heterocycles. The van der Waals surface area contributed by atoms with Gasteiger partial charge in [0.2, 0.25) is 0 Å². The molecule has 6 heteroatoms. The third kappa shape index (κ3) is 8.23. The molecule has 1 heterocycles. The average molecular weight is 431 g/mol. The number of carbonyl (C=O) groups is 1. The summed E-state index contributed by atoms with van der Waals surface area (Å²) in [5.74, 6) is 0.896. The van der Waals surface area contributed by atoms with Gasteiger partial charge in [-0.05, 0) is 70.7 Å². The summed E-state index contributed by atoms with van der Waals surface area (Å²) >= 11 is 0. The molecule has 6 nitrogen and oxygen atoms in total. The molecule has 0 unspecified atom stereocenters. The van der Waals surface area contributed by atoms with E-state index in [1.165, 1.54) is 11.1 Å². The van der Waals surface area contributed by atoms with Crippen LogP contribution in [0.1, 0.15) is 58.1 Å². The van der Waals surface area contributed by atoms with Crippen molar-refractivity contribution in [2.24, 2.45) is 0 Å². The van der Waals surface area contributed by atoms with Gasteiger partial charge < -0.3 is 23.7 Å². The zero-order valence-corrected chi connectivity index (χ0v) is 19.2. The summed E-state index contributed by atoms with van der Waals surface area (Å²) in [5.41, 5.74) is 4.06. The monoisotopic (exact) mass is 430 g/mol. The Morgan fingerprint density at radius 2 is 1.77 bits per heavy atom. The fourth-order valence-electron chi connectivity index (χ4n) is 3.20. The number of rotatable bonds is 13. The fraction of sp³-hybridized carbons (Fsp3) is 0.480. The lowest BCUT2D eigenvalue weighted by Gasteiger charge is -2.16. The van der Waals surface area contributed by atoms with Gasteiger partial charge in [0, 0.05) is 25.4 Å². The van der Waals surface area contributed by atoms with Crippen molar-refractivity contribution in [3.8, 4) is 11.5 Å². The van der Waals surface area contributed by atoms with E-state index in [2.05, 4.69) is 32.9 Å². The van der Waals surface area contributed by atoms with Gasteiger partial charge in [-0.3, -0.25) is 0 Å². The molecular weight excluding hydrogens is 396 g/mol. The van der Waals surface area contributed by atoms with Crippen LogP contribution in [-0.4, -0.2) is 33.8 Å². The van der Waals surface area contributed by atoms with Gasteiger partial charge in [-0.2, -0.15) is 0 Å². The third-order valence-corrected chi connectivity index (χ3v) is 4.81. The molecule has 0 saturated heterocycles. The molecule has 1 aliphatic heterocycles. The van der Waals surface area contributed by atoms with Crippen molar-refractivity contribution in [3.05, 3.63) is 58.7 Å². The second-order valence-corrected chi connectivity index (χ2v) is 7.73. The van der Waals surface area contributed by atoms with Crippen LogP contribution in [-0.2, 0) is 19.0 Å². The van der Waals surface area contributed by atoms with Gasteiger partial charge in [0.1, 0.15) is 17.6 Å². The molecule has 0 aliphatic carbocycles. The number of methoxy groups -OCH3 is 2. The number of ether oxygens (including phenoxy) is 5. The van der Waals surface area contributed by atoms with Crippen LogP contribution < -0.4 is 9.47 Å². The van der Waals surface area contributed by atoms with Gasteiger partial charge in [0.15, 0.2) is 13.6 Å². The molecule has 0 radical (unpaired) electrons. The van der Waals surface area contributed by atoms with E-state index in [-0.39, 0.29) is 19.6 Å². The van der Waals surface area contributed by atoms with Crippen molar-refractivity contribution in [1.82, 2.24) is 0 Å². The summed E-state index contributed by atoms with van der Waals surface area (Å²) in [6, 6.07) is 5.35. The van der Waals surface area contributed by atoms with Gasteiger partial charge in [-0.15, -0.1) is 0 Å². The highest BCUT2D eigenvalue weighted by Gasteiger charge is 2.28. The third-order valence-electron chi connectivity index (χ3n) is 4.81. The summed E-state index contributed by atoms with van der Waals surface area (Å²) in [6.45, 7) is 6.58. The van der Waals surface area contributed by atoms with Crippen molar-refractivity contribution in [2.75, 3.05) is 27.8 Å². The molecule has 0 spiro atoms. The van der Waals surface area contributed by atoms with Crippen molar-refractivity contribution in [2.45, 2.75) is 52.6 Å². The standard InChI is InChI=1S/C25H34O6/c1-18(2)8-6-9-19(3)10-7-11-20-14-24(31-25(20)26)22-15-21(29-16-27-4)12-13-23(22)30-17-28-5/h8,10,12-15,24H,6-7,9,11,16-17H2,1-5H3/b19-10+/t24-/m1/s1. The predicted molar refractivity (Wildman–Crippen MR) is 120 cm³/mol. The molecule has 0 amide bonds. The van der Waals surface area contributed by atoms with Gasteiger partial charge >= 0.3 is 5.97 Å². The quantitative estimate of drug-likeness (QED) is 0.229. The first-order chi connectivity index (χ1) is 14.9. The zero-order valence-electron chi connectivity index (χ0n) is 19.2. The maximum absolute atomic E-state index is 12.4. The number of cyclic esters (lactones) is 1. The van der Waals surface area contributed by atoms with Crippen LogP contribution in [0.25, 0.3) is 0 Å². The van der Waals surface area contributed by atoms with E-state index in [1.807, 2.05) is 6.08 Å². The summed E-state index contributed by atoms with van der Waals surface area (Å²) < 4.78 is 26.8. The number of benzene rings is 1. The van der Waals surface area contributed by atoms with Crippen molar-refractivity contribution < 1.29 is 28.5 Å². The molecule has 0 bridgehead atoms. The Bertz CT molecular complexity index is 817. The van der Waals surface area contributed by atoms with E-state index in [0.29, 0.717) is 29.1 Å². The second kappa shape index (κ2) is 13.0. The Hall–Kier alpha value is -2.57. The van der Waals surface area contributed by atoms with Crippen LogP contribution in [0.5, 0.6) is 11.5 Å². The lowest BCUT2D eigenvalue weighted by molar-refractivity contribution is -0.140. The van der Waals surface area contributed by atoms with E-state index >= 15 is 0 Å². The lowest BCUT2D eigenvalue weighted by atomic mass is 10.0. The van der Waals surface area contributed by atoms with Crippen LogP contribution in [0, 0.1) is 0 Å². The number of carbonyl (C=O) groups excluding carboxylic acids is 1. The number of hydrogen-bond acceptors (Lipinski definition) is 6. The highest BCUT2D eigenvalue weighted by molar-refractivity contribution is 5.91. The van der Waals surface area contributed by atoms with Crippen LogP contribution in [0.4, 0.5) is 0 Å². The Morgan fingerprint density at radius 1 is 1.03 bits per heavy atom.